The summed E-state index contributed by atoms with van der Waals surface area (Å²) in [5, 5.41) is 5.76. The average Bonchev–Trinajstić information content (AvgIpc) is 2.53. The molecule has 0 radical (unpaired) electrons. The van der Waals surface area contributed by atoms with Crippen molar-refractivity contribution in [2.45, 2.75) is 6.54 Å². The van der Waals surface area contributed by atoms with Gasteiger partial charge in [-0.2, -0.15) is 0 Å². The van der Waals surface area contributed by atoms with Crippen LogP contribution >= 0.6 is 0 Å². The number of methoxy groups -OCH3 is 1. The molecule has 0 bridgehead atoms. The van der Waals surface area contributed by atoms with Crippen LogP contribution in [0.5, 0.6) is 5.88 Å². The van der Waals surface area contributed by atoms with Gasteiger partial charge in [-0.05, 0) is 17.7 Å². The molecular weight excluding hydrogens is 256 g/mol. The second-order valence-electron chi connectivity index (χ2n) is 4.07. The van der Waals surface area contributed by atoms with Crippen LogP contribution in [0.1, 0.15) is 16.1 Å². The molecular formula is C14H16N4O2. The van der Waals surface area contributed by atoms with Gasteiger partial charge < -0.3 is 15.4 Å². The molecule has 104 valence electrons. The maximum atomic E-state index is 12.0. The predicted molar refractivity (Wildman–Crippen MR) is 75.7 cm³/mol. The molecule has 0 aromatic carbocycles. The Labute approximate surface area is 117 Å². The lowest BCUT2D eigenvalue weighted by Crippen LogP contribution is -2.23. The first-order valence-electron chi connectivity index (χ1n) is 6.14. The summed E-state index contributed by atoms with van der Waals surface area (Å²) in [5.41, 5.74) is 2.11. The van der Waals surface area contributed by atoms with Crippen LogP contribution in [0.2, 0.25) is 0 Å². The van der Waals surface area contributed by atoms with E-state index in [2.05, 4.69) is 20.6 Å². The minimum absolute atomic E-state index is 0.224. The van der Waals surface area contributed by atoms with Gasteiger partial charge in [0.15, 0.2) is 0 Å². The highest BCUT2D eigenvalue weighted by Crippen LogP contribution is 2.08. The zero-order valence-corrected chi connectivity index (χ0v) is 11.4. The Hall–Kier alpha value is -2.63. The minimum Gasteiger partial charge on any atom is -0.481 e. The SMILES string of the molecule is CNc1ccnc(C(=O)NCc2ccc(OC)nc2)c1. The molecule has 2 N–H and O–H groups in total. The lowest BCUT2D eigenvalue weighted by atomic mass is 10.2. The normalized spacial score (nSPS) is 9.90. The van der Waals surface area contributed by atoms with Gasteiger partial charge in [0.25, 0.3) is 5.91 Å². The molecule has 0 aliphatic heterocycles. The summed E-state index contributed by atoms with van der Waals surface area (Å²) in [6, 6.07) is 7.09. The third-order valence-corrected chi connectivity index (χ3v) is 2.74. The van der Waals surface area contributed by atoms with Gasteiger partial charge in [-0.1, -0.05) is 6.07 Å². The molecule has 2 heterocycles. The first kappa shape index (κ1) is 13.8. The van der Waals surface area contributed by atoms with Crippen molar-refractivity contribution in [1.82, 2.24) is 15.3 Å². The lowest BCUT2D eigenvalue weighted by molar-refractivity contribution is 0.0946. The summed E-state index contributed by atoms with van der Waals surface area (Å²) in [6.07, 6.45) is 3.26. The fourth-order valence-corrected chi connectivity index (χ4v) is 1.62. The molecule has 6 heteroatoms. The number of nitrogens with zero attached hydrogens (tertiary/aromatic N) is 2. The summed E-state index contributed by atoms with van der Waals surface area (Å²) in [4.78, 5) is 20.1. The van der Waals surface area contributed by atoms with Crippen molar-refractivity contribution < 1.29 is 9.53 Å². The van der Waals surface area contributed by atoms with Crippen molar-refractivity contribution in [3.63, 3.8) is 0 Å². The molecule has 0 aliphatic carbocycles. The lowest BCUT2D eigenvalue weighted by Gasteiger charge is -2.06. The number of hydrogen-bond acceptors (Lipinski definition) is 5. The van der Waals surface area contributed by atoms with Crippen LogP contribution in [0.3, 0.4) is 0 Å². The zero-order chi connectivity index (χ0) is 14.4. The van der Waals surface area contributed by atoms with Crippen molar-refractivity contribution in [3.05, 3.63) is 47.9 Å². The first-order valence-corrected chi connectivity index (χ1v) is 6.14. The fraction of sp³-hybridized carbons (Fsp3) is 0.214. The highest BCUT2D eigenvalue weighted by Gasteiger charge is 2.07. The molecule has 0 saturated heterocycles. The maximum absolute atomic E-state index is 12.0. The first-order chi connectivity index (χ1) is 9.72. The summed E-state index contributed by atoms with van der Waals surface area (Å²) in [7, 11) is 3.35. The number of amides is 1. The quantitative estimate of drug-likeness (QED) is 0.861. The number of carbonyl (C=O) groups excluding carboxylic acids is 1. The van der Waals surface area contributed by atoms with Crippen LogP contribution in [0.25, 0.3) is 0 Å². The van der Waals surface area contributed by atoms with Crippen LogP contribution in [0, 0.1) is 0 Å². The van der Waals surface area contributed by atoms with Crippen LogP contribution in [0.4, 0.5) is 5.69 Å². The van der Waals surface area contributed by atoms with E-state index < -0.39 is 0 Å². The molecule has 0 spiro atoms. The Bertz CT molecular complexity index is 584. The monoisotopic (exact) mass is 272 g/mol. The van der Waals surface area contributed by atoms with E-state index in [0.29, 0.717) is 18.1 Å². The van der Waals surface area contributed by atoms with Gasteiger partial charge in [-0.15, -0.1) is 0 Å². The molecule has 0 unspecified atom stereocenters. The van der Waals surface area contributed by atoms with Crippen LogP contribution in [0.15, 0.2) is 36.7 Å². The van der Waals surface area contributed by atoms with Gasteiger partial charge in [-0.25, -0.2) is 4.98 Å². The minimum atomic E-state index is -0.224. The number of aromatic nitrogens is 2. The van der Waals surface area contributed by atoms with E-state index in [1.165, 1.54) is 0 Å². The Morgan fingerprint density at radius 1 is 1.30 bits per heavy atom. The number of nitrogens with one attached hydrogen (secondary N) is 2. The molecule has 2 rings (SSSR count). The number of anilines is 1. The van der Waals surface area contributed by atoms with Crippen LogP contribution in [-0.4, -0.2) is 30.0 Å². The van der Waals surface area contributed by atoms with Crippen molar-refractivity contribution in [1.29, 1.82) is 0 Å². The van der Waals surface area contributed by atoms with Gasteiger partial charge in [0.1, 0.15) is 5.69 Å². The number of carbonyl (C=O) groups is 1. The van der Waals surface area contributed by atoms with E-state index in [1.807, 2.05) is 6.07 Å². The largest absolute Gasteiger partial charge is 0.481 e. The Balaban J connectivity index is 1.97. The molecule has 0 atom stereocenters. The van der Waals surface area contributed by atoms with E-state index in [4.69, 9.17) is 4.74 Å². The van der Waals surface area contributed by atoms with E-state index in [1.54, 1.807) is 44.8 Å². The van der Waals surface area contributed by atoms with E-state index in [9.17, 15) is 4.79 Å². The number of rotatable bonds is 5. The molecule has 2 aromatic heterocycles. The average molecular weight is 272 g/mol. The van der Waals surface area contributed by atoms with Crippen LogP contribution < -0.4 is 15.4 Å². The van der Waals surface area contributed by atoms with E-state index in [0.717, 1.165) is 11.3 Å². The second-order valence-corrected chi connectivity index (χ2v) is 4.07. The van der Waals surface area contributed by atoms with E-state index in [-0.39, 0.29) is 5.91 Å². The molecule has 2 aromatic rings. The van der Waals surface area contributed by atoms with Gasteiger partial charge in [0.2, 0.25) is 5.88 Å². The predicted octanol–water partition coefficient (Wildman–Crippen LogP) is 1.46. The molecule has 6 nitrogen and oxygen atoms in total. The Morgan fingerprint density at radius 2 is 2.15 bits per heavy atom. The van der Waals surface area contributed by atoms with Gasteiger partial charge >= 0.3 is 0 Å². The Kier molecular flexibility index (Phi) is 4.49. The smallest absolute Gasteiger partial charge is 0.270 e. The van der Waals surface area contributed by atoms with Crippen molar-refractivity contribution >= 4 is 11.6 Å². The summed E-state index contributed by atoms with van der Waals surface area (Å²) in [6.45, 7) is 0.390. The van der Waals surface area contributed by atoms with Crippen LogP contribution in [-0.2, 0) is 6.54 Å². The topological polar surface area (TPSA) is 76.1 Å². The molecule has 0 aliphatic rings. The summed E-state index contributed by atoms with van der Waals surface area (Å²) < 4.78 is 4.97. The summed E-state index contributed by atoms with van der Waals surface area (Å²) >= 11 is 0. The number of ether oxygens (including phenoxy) is 1. The zero-order valence-electron chi connectivity index (χ0n) is 11.4. The second kappa shape index (κ2) is 6.51. The molecule has 20 heavy (non-hydrogen) atoms. The molecule has 0 fully saturated rings. The molecule has 0 saturated carbocycles. The van der Waals surface area contributed by atoms with Crippen molar-refractivity contribution in [2.75, 3.05) is 19.5 Å². The summed E-state index contributed by atoms with van der Waals surface area (Å²) in [5.74, 6) is 0.321. The van der Waals surface area contributed by atoms with Crippen molar-refractivity contribution in [2.24, 2.45) is 0 Å². The third kappa shape index (κ3) is 3.44. The Morgan fingerprint density at radius 3 is 2.80 bits per heavy atom. The van der Waals surface area contributed by atoms with Gasteiger partial charge in [0.05, 0.1) is 7.11 Å². The van der Waals surface area contributed by atoms with Gasteiger partial charge in [0, 0.05) is 37.7 Å². The number of pyridine rings is 2. The highest BCUT2D eigenvalue weighted by molar-refractivity contribution is 5.93. The fourth-order valence-electron chi connectivity index (χ4n) is 1.62. The van der Waals surface area contributed by atoms with E-state index >= 15 is 0 Å². The standard InChI is InChI=1S/C14H16N4O2/c1-15-11-5-6-16-12(7-11)14(19)18-9-10-3-4-13(20-2)17-8-10/h3-8H,9H2,1-2H3,(H,15,16)(H,18,19). The third-order valence-electron chi connectivity index (χ3n) is 2.74. The highest BCUT2D eigenvalue weighted by atomic mass is 16.5. The number of hydrogen-bond donors (Lipinski definition) is 2. The molecule has 1 amide bonds. The van der Waals surface area contributed by atoms with Gasteiger partial charge in [-0.3, -0.25) is 9.78 Å². The van der Waals surface area contributed by atoms with Crippen molar-refractivity contribution in [3.8, 4) is 5.88 Å². The maximum Gasteiger partial charge on any atom is 0.270 e.